The standard InChI is InChI=1S/C24H29NO4/c1-29-22-15-17(7-8-20(22)23(26)27)9-12-24(28,19-5-3-2-4-6-19)21-16-25-13-10-18(21)11-14-25/h2-8,15,18,21,28H,9-14,16H2,1H3,(H,26,27). The normalized spacial score (nSPS) is 25.4. The first-order valence-corrected chi connectivity index (χ1v) is 10.4. The van der Waals surface area contributed by atoms with Gasteiger partial charge in [-0.15, -0.1) is 0 Å². The molecule has 5 rings (SSSR count). The van der Waals surface area contributed by atoms with E-state index in [2.05, 4.69) is 4.90 Å². The van der Waals surface area contributed by atoms with Crippen molar-refractivity contribution in [3.8, 4) is 5.75 Å². The van der Waals surface area contributed by atoms with Crippen molar-refractivity contribution in [1.29, 1.82) is 0 Å². The summed E-state index contributed by atoms with van der Waals surface area (Å²) in [6.07, 6.45) is 3.56. The topological polar surface area (TPSA) is 70.0 Å². The van der Waals surface area contributed by atoms with Gasteiger partial charge in [-0.05, 0) is 68.0 Å². The molecule has 0 aliphatic carbocycles. The van der Waals surface area contributed by atoms with Gasteiger partial charge in [-0.3, -0.25) is 0 Å². The first-order valence-electron chi connectivity index (χ1n) is 10.4. The zero-order valence-corrected chi connectivity index (χ0v) is 16.9. The molecule has 2 unspecified atom stereocenters. The monoisotopic (exact) mass is 395 g/mol. The number of aromatic carboxylic acids is 1. The van der Waals surface area contributed by atoms with Crippen LogP contribution < -0.4 is 4.74 Å². The molecule has 2 atom stereocenters. The SMILES string of the molecule is COc1cc(CCC(O)(c2ccccc2)C2CN3CCC2CC3)ccc1C(=O)O. The van der Waals surface area contributed by atoms with Crippen LogP contribution in [0.1, 0.15) is 40.7 Å². The van der Waals surface area contributed by atoms with Crippen LogP contribution in [0.5, 0.6) is 5.75 Å². The van der Waals surface area contributed by atoms with Crippen molar-refractivity contribution in [2.75, 3.05) is 26.7 Å². The van der Waals surface area contributed by atoms with E-state index in [1.807, 2.05) is 36.4 Å². The molecule has 2 aromatic carbocycles. The summed E-state index contributed by atoms with van der Waals surface area (Å²) in [5.74, 6) is 0.129. The van der Waals surface area contributed by atoms with Crippen molar-refractivity contribution in [3.63, 3.8) is 0 Å². The maximum Gasteiger partial charge on any atom is 0.339 e. The van der Waals surface area contributed by atoms with E-state index in [9.17, 15) is 15.0 Å². The highest BCUT2D eigenvalue weighted by Gasteiger charge is 2.47. The summed E-state index contributed by atoms with van der Waals surface area (Å²) in [6, 6.07) is 15.2. The molecule has 0 aromatic heterocycles. The Balaban J connectivity index is 1.61. The summed E-state index contributed by atoms with van der Waals surface area (Å²) in [5.41, 5.74) is 1.21. The Bertz CT molecular complexity index is 860. The Morgan fingerprint density at radius 3 is 2.48 bits per heavy atom. The number of carbonyl (C=O) groups is 1. The summed E-state index contributed by atoms with van der Waals surface area (Å²) < 4.78 is 5.27. The van der Waals surface area contributed by atoms with Crippen LogP contribution in [0.3, 0.4) is 0 Å². The predicted octanol–water partition coefficient (Wildman–Crippen LogP) is 3.56. The molecular formula is C24H29NO4. The number of piperidine rings is 3. The first kappa shape index (κ1) is 19.9. The smallest absolute Gasteiger partial charge is 0.339 e. The molecule has 3 aliphatic rings. The van der Waals surface area contributed by atoms with Gasteiger partial charge in [0.2, 0.25) is 0 Å². The Kier molecular flexibility index (Phi) is 5.61. The third-order valence-corrected chi connectivity index (χ3v) is 6.83. The highest BCUT2D eigenvalue weighted by atomic mass is 16.5. The van der Waals surface area contributed by atoms with E-state index in [4.69, 9.17) is 4.74 Å². The molecule has 2 N–H and O–H groups in total. The number of benzene rings is 2. The number of ether oxygens (including phenoxy) is 1. The Morgan fingerprint density at radius 1 is 1.17 bits per heavy atom. The summed E-state index contributed by atoms with van der Waals surface area (Å²) >= 11 is 0. The molecule has 154 valence electrons. The number of nitrogens with zero attached hydrogens (tertiary/aromatic N) is 1. The number of carboxylic acids is 1. The molecule has 0 amide bonds. The minimum absolute atomic E-state index is 0.159. The van der Waals surface area contributed by atoms with Crippen molar-refractivity contribution in [2.45, 2.75) is 31.3 Å². The molecule has 3 heterocycles. The zero-order chi connectivity index (χ0) is 20.4. The Labute approximate surface area is 171 Å². The van der Waals surface area contributed by atoms with Crippen LogP contribution >= 0.6 is 0 Å². The second-order valence-electron chi connectivity index (χ2n) is 8.37. The fourth-order valence-corrected chi connectivity index (χ4v) is 5.18. The van der Waals surface area contributed by atoms with E-state index < -0.39 is 11.6 Å². The minimum Gasteiger partial charge on any atom is -0.496 e. The third kappa shape index (κ3) is 3.89. The van der Waals surface area contributed by atoms with Gasteiger partial charge >= 0.3 is 5.97 Å². The van der Waals surface area contributed by atoms with Gasteiger partial charge in [0.05, 0.1) is 12.7 Å². The predicted molar refractivity (Wildman–Crippen MR) is 111 cm³/mol. The maximum absolute atomic E-state index is 12.0. The average molecular weight is 395 g/mol. The lowest BCUT2D eigenvalue weighted by Gasteiger charge is -2.51. The van der Waals surface area contributed by atoms with E-state index in [1.165, 1.54) is 7.11 Å². The van der Waals surface area contributed by atoms with Gasteiger partial charge in [0.15, 0.2) is 0 Å². The Morgan fingerprint density at radius 2 is 1.90 bits per heavy atom. The largest absolute Gasteiger partial charge is 0.496 e. The van der Waals surface area contributed by atoms with E-state index in [1.54, 1.807) is 12.1 Å². The molecule has 0 spiro atoms. The molecule has 3 fully saturated rings. The highest BCUT2D eigenvalue weighted by Crippen LogP contribution is 2.45. The Hall–Kier alpha value is -2.37. The number of hydrogen-bond acceptors (Lipinski definition) is 4. The fourth-order valence-electron chi connectivity index (χ4n) is 5.18. The molecule has 2 bridgehead atoms. The average Bonchev–Trinajstić information content (AvgIpc) is 2.78. The number of carboxylic acid groups (broad SMARTS) is 1. The van der Waals surface area contributed by atoms with Crippen molar-refractivity contribution >= 4 is 5.97 Å². The van der Waals surface area contributed by atoms with Crippen molar-refractivity contribution in [1.82, 2.24) is 4.90 Å². The quantitative estimate of drug-likeness (QED) is 0.750. The fraction of sp³-hybridized carbons (Fsp3) is 0.458. The van der Waals surface area contributed by atoms with Crippen molar-refractivity contribution < 1.29 is 19.7 Å². The van der Waals surface area contributed by atoms with Crippen LogP contribution in [0.4, 0.5) is 0 Å². The van der Waals surface area contributed by atoms with Crippen molar-refractivity contribution in [3.05, 3.63) is 65.2 Å². The lowest BCUT2D eigenvalue weighted by atomic mass is 9.66. The highest BCUT2D eigenvalue weighted by molar-refractivity contribution is 5.90. The number of rotatable bonds is 7. The van der Waals surface area contributed by atoms with Crippen LogP contribution in [0.25, 0.3) is 0 Å². The second kappa shape index (κ2) is 8.17. The second-order valence-corrected chi connectivity index (χ2v) is 8.37. The van der Waals surface area contributed by atoms with Gasteiger partial charge < -0.3 is 19.8 Å². The van der Waals surface area contributed by atoms with Gasteiger partial charge in [-0.25, -0.2) is 4.79 Å². The third-order valence-electron chi connectivity index (χ3n) is 6.83. The van der Waals surface area contributed by atoms with Crippen LogP contribution in [0.2, 0.25) is 0 Å². The van der Waals surface area contributed by atoms with Gasteiger partial charge in [0.1, 0.15) is 11.3 Å². The number of fused-ring (bicyclic) bond motifs is 3. The summed E-state index contributed by atoms with van der Waals surface area (Å²) in [5, 5.41) is 21.3. The molecule has 3 saturated heterocycles. The van der Waals surface area contributed by atoms with E-state index in [0.29, 0.717) is 24.5 Å². The molecule has 0 saturated carbocycles. The van der Waals surface area contributed by atoms with Crippen LogP contribution in [0, 0.1) is 11.8 Å². The van der Waals surface area contributed by atoms with Crippen LogP contribution in [-0.4, -0.2) is 47.8 Å². The van der Waals surface area contributed by atoms with E-state index >= 15 is 0 Å². The lowest BCUT2D eigenvalue weighted by molar-refractivity contribution is -0.106. The van der Waals surface area contributed by atoms with Crippen LogP contribution in [0.15, 0.2) is 48.5 Å². The molecule has 5 heteroatoms. The number of methoxy groups -OCH3 is 1. The molecule has 5 nitrogen and oxygen atoms in total. The summed E-state index contributed by atoms with van der Waals surface area (Å²) in [6.45, 7) is 3.22. The maximum atomic E-state index is 12.0. The first-order chi connectivity index (χ1) is 14.0. The summed E-state index contributed by atoms with van der Waals surface area (Å²) in [7, 11) is 1.49. The van der Waals surface area contributed by atoms with Gasteiger partial charge in [0.25, 0.3) is 0 Å². The van der Waals surface area contributed by atoms with Crippen molar-refractivity contribution in [2.24, 2.45) is 11.8 Å². The molecule has 3 aliphatic heterocycles. The van der Waals surface area contributed by atoms with E-state index in [0.717, 1.165) is 43.6 Å². The summed E-state index contributed by atoms with van der Waals surface area (Å²) in [4.78, 5) is 13.8. The minimum atomic E-state index is -0.999. The number of aryl methyl sites for hydroxylation is 1. The number of aliphatic hydroxyl groups is 1. The van der Waals surface area contributed by atoms with Gasteiger partial charge in [-0.2, -0.15) is 0 Å². The molecule has 2 aromatic rings. The molecule has 0 radical (unpaired) electrons. The van der Waals surface area contributed by atoms with Gasteiger partial charge in [0, 0.05) is 12.5 Å². The van der Waals surface area contributed by atoms with E-state index in [-0.39, 0.29) is 11.5 Å². The number of hydrogen-bond donors (Lipinski definition) is 2. The lowest BCUT2D eigenvalue weighted by Crippen LogP contribution is -2.55. The van der Waals surface area contributed by atoms with Crippen LogP contribution in [-0.2, 0) is 12.0 Å². The molecule has 29 heavy (non-hydrogen) atoms. The molecular weight excluding hydrogens is 366 g/mol. The van der Waals surface area contributed by atoms with Gasteiger partial charge in [-0.1, -0.05) is 36.4 Å². The zero-order valence-electron chi connectivity index (χ0n) is 16.9.